The summed E-state index contributed by atoms with van der Waals surface area (Å²) in [5.74, 6) is 0.115. The van der Waals surface area contributed by atoms with Gasteiger partial charge in [0.1, 0.15) is 6.10 Å². The molecule has 0 radical (unpaired) electrons. The summed E-state index contributed by atoms with van der Waals surface area (Å²) >= 11 is 0. The predicted molar refractivity (Wildman–Crippen MR) is 62.2 cm³/mol. The Labute approximate surface area is 97.3 Å². The molecule has 0 aromatic rings. The highest BCUT2D eigenvalue weighted by Crippen LogP contribution is 2.38. The van der Waals surface area contributed by atoms with E-state index in [0.717, 1.165) is 32.5 Å². The lowest BCUT2D eigenvalue weighted by Gasteiger charge is -2.42. The van der Waals surface area contributed by atoms with Crippen molar-refractivity contribution in [3.63, 3.8) is 0 Å². The molecule has 0 saturated carbocycles. The van der Waals surface area contributed by atoms with Crippen molar-refractivity contribution in [3.05, 3.63) is 0 Å². The van der Waals surface area contributed by atoms with Crippen LogP contribution in [0.4, 0.5) is 0 Å². The molecule has 0 aliphatic carbocycles. The van der Waals surface area contributed by atoms with Crippen molar-refractivity contribution in [2.45, 2.75) is 31.8 Å². The van der Waals surface area contributed by atoms with Gasteiger partial charge in [0.05, 0.1) is 6.61 Å². The van der Waals surface area contributed by atoms with E-state index in [1.54, 1.807) is 19.0 Å². The summed E-state index contributed by atoms with van der Waals surface area (Å²) in [6, 6.07) is 0. The van der Waals surface area contributed by atoms with Gasteiger partial charge in [-0.1, -0.05) is 0 Å². The zero-order valence-corrected chi connectivity index (χ0v) is 10.3. The van der Waals surface area contributed by atoms with Crippen LogP contribution in [0.1, 0.15) is 25.7 Å². The molecule has 0 aromatic heterocycles. The minimum absolute atomic E-state index is 0.115. The molecule has 2 saturated heterocycles. The normalized spacial score (nSPS) is 29.0. The fraction of sp³-hybridized carbons (Fsp3) is 0.917. The quantitative estimate of drug-likeness (QED) is 0.713. The Morgan fingerprint density at radius 2 is 2.00 bits per heavy atom. The van der Waals surface area contributed by atoms with Crippen LogP contribution in [0.2, 0.25) is 0 Å². The molecule has 0 aromatic carbocycles. The van der Waals surface area contributed by atoms with Crippen molar-refractivity contribution < 1.29 is 9.53 Å². The molecule has 2 rings (SSSR count). The van der Waals surface area contributed by atoms with Crippen LogP contribution >= 0.6 is 0 Å². The number of rotatable bonds is 1. The number of ether oxygens (including phenoxy) is 1. The van der Waals surface area contributed by atoms with Gasteiger partial charge in [-0.05, 0) is 44.2 Å². The molecule has 2 aliphatic heterocycles. The standard InChI is InChI=1S/C12H22N2O2/c1-14(2)11(15)10-3-4-12(9-16-10)5-7-13-8-6-12/h10,13H,3-9H2,1-2H3. The molecule has 16 heavy (non-hydrogen) atoms. The maximum absolute atomic E-state index is 11.8. The van der Waals surface area contributed by atoms with E-state index in [1.807, 2.05) is 0 Å². The maximum Gasteiger partial charge on any atom is 0.251 e. The van der Waals surface area contributed by atoms with Crippen molar-refractivity contribution in [2.75, 3.05) is 33.8 Å². The number of nitrogens with one attached hydrogen (secondary N) is 1. The molecule has 1 atom stereocenters. The van der Waals surface area contributed by atoms with E-state index in [2.05, 4.69) is 5.32 Å². The molecule has 2 heterocycles. The Kier molecular flexibility index (Phi) is 3.50. The van der Waals surface area contributed by atoms with Crippen LogP contribution in [0.15, 0.2) is 0 Å². The van der Waals surface area contributed by atoms with Gasteiger partial charge in [0, 0.05) is 14.1 Å². The average molecular weight is 226 g/mol. The number of amides is 1. The highest BCUT2D eigenvalue weighted by Gasteiger charge is 2.39. The number of hydrogen-bond donors (Lipinski definition) is 1. The summed E-state index contributed by atoms with van der Waals surface area (Å²) in [7, 11) is 3.58. The van der Waals surface area contributed by atoms with Crippen LogP contribution in [-0.2, 0) is 9.53 Å². The molecule has 92 valence electrons. The van der Waals surface area contributed by atoms with Crippen LogP contribution in [0.5, 0.6) is 0 Å². The second-order valence-corrected chi connectivity index (χ2v) is 5.32. The average Bonchev–Trinajstić information content (AvgIpc) is 2.30. The first-order valence-corrected chi connectivity index (χ1v) is 6.16. The zero-order chi connectivity index (χ0) is 11.6. The molecule has 1 spiro atoms. The molecule has 4 heteroatoms. The van der Waals surface area contributed by atoms with Gasteiger partial charge in [-0.15, -0.1) is 0 Å². The van der Waals surface area contributed by atoms with E-state index in [-0.39, 0.29) is 12.0 Å². The monoisotopic (exact) mass is 226 g/mol. The van der Waals surface area contributed by atoms with E-state index < -0.39 is 0 Å². The van der Waals surface area contributed by atoms with Crippen molar-refractivity contribution in [1.82, 2.24) is 10.2 Å². The lowest BCUT2D eigenvalue weighted by atomic mass is 9.74. The van der Waals surface area contributed by atoms with E-state index in [9.17, 15) is 4.79 Å². The fourth-order valence-corrected chi connectivity index (χ4v) is 2.70. The van der Waals surface area contributed by atoms with Crippen molar-refractivity contribution in [2.24, 2.45) is 5.41 Å². The van der Waals surface area contributed by atoms with Crippen LogP contribution in [0, 0.1) is 5.41 Å². The van der Waals surface area contributed by atoms with E-state index in [0.29, 0.717) is 5.41 Å². The van der Waals surface area contributed by atoms with Crippen LogP contribution < -0.4 is 5.32 Å². The van der Waals surface area contributed by atoms with Gasteiger partial charge in [-0.3, -0.25) is 4.79 Å². The summed E-state index contributed by atoms with van der Waals surface area (Å²) < 4.78 is 5.78. The zero-order valence-electron chi connectivity index (χ0n) is 10.3. The van der Waals surface area contributed by atoms with Gasteiger partial charge in [0.25, 0.3) is 5.91 Å². The number of carbonyl (C=O) groups is 1. The number of carbonyl (C=O) groups excluding carboxylic acids is 1. The van der Waals surface area contributed by atoms with Crippen molar-refractivity contribution in [1.29, 1.82) is 0 Å². The molecule has 2 fully saturated rings. The third kappa shape index (κ3) is 2.38. The SMILES string of the molecule is CN(C)C(=O)C1CCC2(CCNCC2)CO1. The third-order valence-electron chi connectivity index (χ3n) is 3.91. The molecular weight excluding hydrogens is 204 g/mol. The molecular formula is C12H22N2O2. The Morgan fingerprint density at radius 3 is 2.50 bits per heavy atom. The van der Waals surface area contributed by atoms with E-state index in [1.165, 1.54) is 12.8 Å². The lowest BCUT2D eigenvalue weighted by molar-refractivity contribution is -0.151. The molecule has 4 nitrogen and oxygen atoms in total. The Balaban J connectivity index is 1.88. The van der Waals surface area contributed by atoms with Crippen molar-refractivity contribution >= 4 is 5.91 Å². The van der Waals surface area contributed by atoms with Gasteiger partial charge in [-0.2, -0.15) is 0 Å². The summed E-state index contributed by atoms with van der Waals surface area (Å²) in [5.41, 5.74) is 0.355. The topological polar surface area (TPSA) is 41.6 Å². The van der Waals surface area contributed by atoms with Crippen LogP contribution in [0.3, 0.4) is 0 Å². The fourth-order valence-electron chi connectivity index (χ4n) is 2.70. The van der Waals surface area contributed by atoms with Gasteiger partial charge < -0.3 is 15.0 Å². The molecule has 1 unspecified atom stereocenters. The van der Waals surface area contributed by atoms with Crippen molar-refractivity contribution in [3.8, 4) is 0 Å². The summed E-state index contributed by atoms with van der Waals surface area (Å²) in [5, 5.41) is 3.38. The van der Waals surface area contributed by atoms with Gasteiger partial charge in [-0.25, -0.2) is 0 Å². The molecule has 0 bridgehead atoms. The summed E-state index contributed by atoms with van der Waals surface area (Å²) in [6.07, 6.45) is 4.21. The summed E-state index contributed by atoms with van der Waals surface area (Å²) in [4.78, 5) is 13.4. The number of hydrogen-bond acceptors (Lipinski definition) is 3. The largest absolute Gasteiger partial charge is 0.368 e. The van der Waals surface area contributed by atoms with E-state index in [4.69, 9.17) is 4.74 Å². The highest BCUT2D eigenvalue weighted by atomic mass is 16.5. The second kappa shape index (κ2) is 4.72. The predicted octanol–water partition coefficient (Wildman–Crippen LogP) is 0.623. The van der Waals surface area contributed by atoms with Crippen LogP contribution in [-0.4, -0.2) is 50.7 Å². The number of nitrogens with zero attached hydrogens (tertiary/aromatic N) is 1. The van der Waals surface area contributed by atoms with Gasteiger partial charge in [0.15, 0.2) is 0 Å². The summed E-state index contributed by atoms with van der Waals surface area (Å²) in [6.45, 7) is 2.95. The smallest absolute Gasteiger partial charge is 0.251 e. The van der Waals surface area contributed by atoms with E-state index >= 15 is 0 Å². The number of likely N-dealkylation sites (N-methyl/N-ethyl adjacent to an activating group) is 1. The second-order valence-electron chi connectivity index (χ2n) is 5.32. The molecule has 2 aliphatic rings. The first-order valence-electron chi connectivity index (χ1n) is 6.16. The Hall–Kier alpha value is -0.610. The lowest BCUT2D eigenvalue weighted by Crippen LogP contribution is -2.47. The van der Waals surface area contributed by atoms with Crippen LogP contribution in [0.25, 0.3) is 0 Å². The highest BCUT2D eigenvalue weighted by molar-refractivity contribution is 5.80. The number of piperidine rings is 1. The third-order valence-corrected chi connectivity index (χ3v) is 3.91. The Morgan fingerprint density at radius 1 is 1.31 bits per heavy atom. The minimum Gasteiger partial charge on any atom is -0.368 e. The molecule has 1 N–H and O–H groups in total. The first kappa shape index (κ1) is 11.9. The minimum atomic E-state index is -0.199. The Bertz CT molecular complexity index is 250. The van der Waals surface area contributed by atoms with Gasteiger partial charge in [0.2, 0.25) is 0 Å². The van der Waals surface area contributed by atoms with Gasteiger partial charge >= 0.3 is 0 Å². The first-order chi connectivity index (χ1) is 7.63. The maximum atomic E-state index is 11.8. The molecule has 1 amide bonds.